The molecule has 1 aromatic carbocycles. The molecule has 0 fully saturated rings. The fourth-order valence-electron chi connectivity index (χ4n) is 1.44. The van der Waals surface area contributed by atoms with Crippen molar-refractivity contribution in [1.29, 1.82) is 0 Å². The molecule has 0 aliphatic heterocycles. The lowest BCUT2D eigenvalue weighted by molar-refractivity contribution is 0.161. The van der Waals surface area contributed by atoms with Gasteiger partial charge in [-0.1, -0.05) is 22.0 Å². The number of aliphatic hydroxyl groups excluding tert-OH is 1. The first-order chi connectivity index (χ1) is 7.78. The van der Waals surface area contributed by atoms with Gasteiger partial charge < -0.3 is 10.4 Å². The summed E-state index contributed by atoms with van der Waals surface area (Å²) in [5.74, 6) is -0.275. The summed E-state index contributed by atoms with van der Waals surface area (Å²) in [5, 5.41) is 13.1. The van der Waals surface area contributed by atoms with Crippen molar-refractivity contribution < 1.29 is 9.50 Å². The molecule has 0 radical (unpaired) electrons. The van der Waals surface area contributed by atoms with Crippen molar-refractivity contribution in [1.82, 2.24) is 5.32 Å². The van der Waals surface area contributed by atoms with E-state index in [4.69, 9.17) is 0 Å². The van der Waals surface area contributed by atoms with Gasteiger partial charge in [0.05, 0.1) is 6.10 Å². The van der Waals surface area contributed by atoms with Crippen LogP contribution in [0, 0.1) is 5.82 Å². The number of nitrogens with one attached hydrogen (secondary N) is 1. The Balaban J connectivity index is 2.53. The van der Waals surface area contributed by atoms with Crippen molar-refractivity contribution in [2.75, 3.05) is 6.54 Å². The first-order valence-corrected chi connectivity index (χ1v) is 6.44. The van der Waals surface area contributed by atoms with Gasteiger partial charge in [0, 0.05) is 23.0 Å². The van der Waals surface area contributed by atoms with E-state index in [1.54, 1.807) is 6.07 Å². The van der Waals surface area contributed by atoms with Crippen molar-refractivity contribution in [3.63, 3.8) is 0 Å². The SMILES string of the molecule is CC(C)(C)NCC(O)Cc1ccc(F)cc1Br. The number of rotatable bonds is 4. The molecule has 2 N–H and O–H groups in total. The lowest BCUT2D eigenvalue weighted by Crippen LogP contribution is -2.41. The molecular weight excluding hydrogens is 285 g/mol. The van der Waals surface area contributed by atoms with Gasteiger partial charge in [-0.3, -0.25) is 0 Å². The summed E-state index contributed by atoms with van der Waals surface area (Å²) in [6.45, 7) is 6.67. The van der Waals surface area contributed by atoms with Crippen LogP contribution < -0.4 is 5.32 Å². The van der Waals surface area contributed by atoms with Gasteiger partial charge in [0.25, 0.3) is 0 Å². The third-order valence-electron chi connectivity index (χ3n) is 2.34. The van der Waals surface area contributed by atoms with E-state index in [0.29, 0.717) is 17.4 Å². The summed E-state index contributed by atoms with van der Waals surface area (Å²) in [7, 11) is 0. The van der Waals surface area contributed by atoms with Crippen molar-refractivity contribution in [2.24, 2.45) is 0 Å². The molecule has 0 heterocycles. The van der Waals surface area contributed by atoms with Gasteiger partial charge in [0.15, 0.2) is 0 Å². The van der Waals surface area contributed by atoms with Crippen LogP contribution in [0.5, 0.6) is 0 Å². The second kappa shape index (κ2) is 5.94. The average molecular weight is 304 g/mol. The molecule has 0 amide bonds. The molecule has 2 nitrogen and oxygen atoms in total. The lowest BCUT2D eigenvalue weighted by Gasteiger charge is -2.23. The molecule has 4 heteroatoms. The number of hydrogen-bond donors (Lipinski definition) is 2. The van der Waals surface area contributed by atoms with Gasteiger partial charge in [0.2, 0.25) is 0 Å². The predicted molar refractivity (Wildman–Crippen MR) is 71.6 cm³/mol. The van der Waals surface area contributed by atoms with Gasteiger partial charge in [-0.25, -0.2) is 4.39 Å². The molecule has 17 heavy (non-hydrogen) atoms. The normalized spacial score (nSPS) is 13.8. The Bertz CT molecular complexity index is 376. The summed E-state index contributed by atoms with van der Waals surface area (Å²) in [5.41, 5.74) is 0.899. The Morgan fingerprint density at radius 2 is 2.06 bits per heavy atom. The molecule has 0 saturated heterocycles. The molecule has 0 spiro atoms. The molecule has 1 aromatic rings. The van der Waals surface area contributed by atoms with Gasteiger partial charge in [-0.05, 0) is 38.5 Å². The fraction of sp³-hybridized carbons (Fsp3) is 0.538. The van der Waals surface area contributed by atoms with E-state index < -0.39 is 6.10 Å². The minimum atomic E-state index is -0.476. The minimum Gasteiger partial charge on any atom is -0.391 e. The van der Waals surface area contributed by atoms with Gasteiger partial charge >= 0.3 is 0 Å². The van der Waals surface area contributed by atoms with Crippen LogP contribution in [0.4, 0.5) is 4.39 Å². The van der Waals surface area contributed by atoms with E-state index in [-0.39, 0.29) is 11.4 Å². The van der Waals surface area contributed by atoms with Crippen molar-refractivity contribution in [3.8, 4) is 0 Å². The Morgan fingerprint density at radius 3 is 2.59 bits per heavy atom. The van der Waals surface area contributed by atoms with E-state index in [1.807, 2.05) is 20.8 Å². The number of hydrogen-bond acceptors (Lipinski definition) is 2. The van der Waals surface area contributed by atoms with Gasteiger partial charge in [-0.2, -0.15) is 0 Å². The van der Waals surface area contributed by atoms with E-state index in [0.717, 1.165) is 5.56 Å². The standard InChI is InChI=1S/C13H19BrFNO/c1-13(2,3)16-8-11(17)6-9-4-5-10(15)7-12(9)14/h4-5,7,11,16-17H,6,8H2,1-3H3. The summed E-state index contributed by atoms with van der Waals surface area (Å²) in [4.78, 5) is 0. The van der Waals surface area contributed by atoms with E-state index in [2.05, 4.69) is 21.2 Å². The predicted octanol–water partition coefficient (Wildman–Crippen LogP) is 2.88. The first-order valence-electron chi connectivity index (χ1n) is 5.65. The maximum Gasteiger partial charge on any atom is 0.124 e. The van der Waals surface area contributed by atoms with Crippen LogP contribution in [-0.2, 0) is 6.42 Å². The summed E-state index contributed by atoms with van der Waals surface area (Å²) in [6.07, 6.45) is 0.0280. The molecule has 1 rings (SSSR count). The Hall–Kier alpha value is -0.450. The third kappa shape index (κ3) is 5.61. The molecule has 0 bridgehead atoms. The first kappa shape index (κ1) is 14.6. The third-order valence-corrected chi connectivity index (χ3v) is 3.08. The van der Waals surface area contributed by atoms with Crippen molar-refractivity contribution in [2.45, 2.75) is 38.8 Å². The van der Waals surface area contributed by atoms with E-state index >= 15 is 0 Å². The molecule has 1 unspecified atom stereocenters. The van der Waals surface area contributed by atoms with E-state index in [9.17, 15) is 9.50 Å². The van der Waals surface area contributed by atoms with Crippen molar-refractivity contribution in [3.05, 3.63) is 34.1 Å². The molecule has 0 saturated carbocycles. The maximum absolute atomic E-state index is 12.9. The zero-order chi connectivity index (χ0) is 13.1. The van der Waals surface area contributed by atoms with Crippen LogP contribution in [0.3, 0.4) is 0 Å². The summed E-state index contributed by atoms with van der Waals surface area (Å²) >= 11 is 3.29. The number of benzene rings is 1. The van der Waals surface area contributed by atoms with Gasteiger partial charge in [-0.15, -0.1) is 0 Å². The van der Waals surface area contributed by atoms with Crippen LogP contribution in [0.25, 0.3) is 0 Å². The molecule has 0 aliphatic rings. The Morgan fingerprint density at radius 1 is 1.41 bits per heavy atom. The summed E-state index contributed by atoms with van der Waals surface area (Å²) in [6, 6.07) is 4.52. The lowest BCUT2D eigenvalue weighted by atomic mass is 10.1. The number of β-amino-alcohol motifs (C(OH)–C–C–N with tert-alkyl or cyclic N) is 1. The average Bonchev–Trinajstić information content (AvgIpc) is 2.18. The highest BCUT2D eigenvalue weighted by molar-refractivity contribution is 9.10. The quantitative estimate of drug-likeness (QED) is 0.896. The second-order valence-electron chi connectivity index (χ2n) is 5.22. The van der Waals surface area contributed by atoms with Crippen LogP contribution in [0.15, 0.2) is 22.7 Å². The Kier molecular flexibility index (Phi) is 5.10. The second-order valence-corrected chi connectivity index (χ2v) is 6.08. The summed E-state index contributed by atoms with van der Waals surface area (Å²) < 4.78 is 13.6. The van der Waals surface area contributed by atoms with Crippen LogP contribution in [0.2, 0.25) is 0 Å². The highest BCUT2D eigenvalue weighted by Gasteiger charge is 2.13. The van der Waals surface area contributed by atoms with Crippen LogP contribution in [-0.4, -0.2) is 23.3 Å². The molecular formula is C13H19BrFNO. The zero-order valence-electron chi connectivity index (χ0n) is 10.4. The zero-order valence-corrected chi connectivity index (χ0v) is 12.0. The largest absolute Gasteiger partial charge is 0.391 e. The van der Waals surface area contributed by atoms with Crippen LogP contribution >= 0.6 is 15.9 Å². The minimum absolute atomic E-state index is 0.0129. The maximum atomic E-state index is 12.9. The molecule has 0 aromatic heterocycles. The van der Waals surface area contributed by atoms with E-state index in [1.165, 1.54) is 12.1 Å². The molecule has 96 valence electrons. The number of halogens is 2. The van der Waals surface area contributed by atoms with Crippen molar-refractivity contribution >= 4 is 15.9 Å². The highest BCUT2D eigenvalue weighted by atomic mass is 79.9. The molecule has 0 aliphatic carbocycles. The van der Waals surface area contributed by atoms with Crippen LogP contribution in [0.1, 0.15) is 26.3 Å². The molecule has 1 atom stereocenters. The highest BCUT2D eigenvalue weighted by Crippen LogP contribution is 2.19. The monoisotopic (exact) mass is 303 g/mol. The van der Waals surface area contributed by atoms with Gasteiger partial charge in [0.1, 0.15) is 5.82 Å². The number of aliphatic hydroxyl groups is 1. The fourth-order valence-corrected chi connectivity index (χ4v) is 1.95. The smallest absolute Gasteiger partial charge is 0.124 e. The topological polar surface area (TPSA) is 32.3 Å². The Labute approximate surface area is 110 Å².